The Labute approximate surface area is 161 Å². The second-order valence-corrected chi connectivity index (χ2v) is 7.31. The molecule has 28 heavy (non-hydrogen) atoms. The number of carbonyl (C=O) groups is 3. The summed E-state index contributed by atoms with van der Waals surface area (Å²) in [6, 6.07) is 10.9. The van der Waals surface area contributed by atoms with Gasteiger partial charge in [0.25, 0.3) is 5.91 Å². The van der Waals surface area contributed by atoms with E-state index in [0.29, 0.717) is 5.56 Å². The molecule has 1 atom stereocenters. The van der Waals surface area contributed by atoms with Crippen molar-refractivity contribution in [1.82, 2.24) is 10.2 Å². The summed E-state index contributed by atoms with van der Waals surface area (Å²) in [5.41, 5.74) is 1.93. The van der Waals surface area contributed by atoms with Gasteiger partial charge in [0.15, 0.2) is 0 Å². The fourth-order valence-electron chi connectivity index (χ4n) is 3.81. The molecule has 1 heterocycles. The predicted octanol–water partition coefficient (Wildman–Crippen LogP) is 2.72. The van der Waals surface area contributed by atoms with Crippen LogP contribution >= 0.6 is 0 Å². The minimum atomic E-state index is -1.23. The van der Waals surface area contributed by atoms with E-state index in [4.69, 9.17) is 0 Å². The van der Waals surface area contributed by atoms with Gasteiger partial charge in [0.05, 0.1) is 5.69 Å². The highest BCUT2D eigenvalue weighted by atomic mass is 19.1. The lowest BCUT2D eigenvalue weighted by Gasteiger charge is -2.23. The van der Waals surface area contributed by atoms with Crippen LogP contribution in [-0.4, -0.2) is 29.3 Å². The molecule has 2 aliphatic rings. The maximum Gasteiger partial charge on any atom is 0.325 e. The zero-order valence-corrected chi connectivity index (χ0v) is 15.4. The smallest absolute Gasteiger partial charge is 0.322 e. The average molecular weight is 381 g/mol. The monoisotopic (exact) mass is 381 g/mol. The number of nitrogens with zero attached hydrogens (tertiary/aromatic N) is 1. The second-order valence-electron chi connectivity index (χ2n) is 7.31. The SMILES string of the molecule is CC1(c2ccc3c(c2)CCC3)NC(=O)N(CC(=O)Nc2ccccc2F)C1=O. The summed E-state index contributed by atoms with van der Waals surface area (Å²) in [5.74, 6) is -1.73. The third-order valence-electron chi connectivity index (χ3n) is 5.40. The van der Waals surface area contributed by atoms with Crippen molar-refractivity contribution in [2.24, 2.45) is 0 Å². The standard InChI is InChI=1S/C21H20FN3O3/c1-21(15-10-9-13-5-4-6-14(13)11-15)19(27)25(20(28)24-21)12-18(26)23-17-8-3-2-7-16(17)22/h2-3,7-11H,4-6,12H2,1H3,(H,23,26)(H,24,28). The van der Waals surface area contributed by atoms with Crippen LogP contribution in [0, 0.1) is 5.82 Å². The van der Waals surface area contributed by atoms with E-state index in [1.54, 1.807) is 13.0 Å². The van der Waals surface area contributed by atoms with Crippen LogP contribution in [-0.2, 0) is 28.0 Å². The van der Waals surface area contributed by atoms with Crippen LogP contribution in [0.25, 0.3) is 0 Å². The van der Waals surface area contributed by atoms with E-state index in [9.17, 15) is 18.8 Å². The first-order chi connectivity index (χ1) is 13.4. The van der Waals surface area contributed by atoms with Gasteiger partial charge in [-0.05, 0) is 55.0 Å². The first kappa shape index (κ1) is 18.2. The Morgan fingerprint density at radius 2 is 1.93 bits per heavy atom. The van der Waals surface area contributed by atoms with Gasteiger partial charge in [0, 0.05) is 0 Å². The van der Waals surface area contributed by atoms with Gasteiger partial charge in [-0.25, -0.2) is 9.18 Å². The van der Waals surface area contributed by atoms with Crippen molar-refractivity contribution in [1.29, 1.82) is 0 Å². The number of benzene rings is 2. The lowest BCUT2D eigenvalue weighted by molar-refractivity contribution is -0.133. The van der Waals surface area contributed by atoms with Crippen LogP contribution in [0.15, 0.2) is 42.5 Å². The molecule has 1 fully saturated rings. The lowest BCUT2D eigenvalue weighted by Crippen LogP contribution is -2.42. The van der Waals surface area contributed by atoms with Gasteiger partial charge >= 0.3 is 6.03 Å². The quantitative estimate of drug-likeness (QED) is 0.800. The summed E-state index contributed by atoms with van der Waals surface area (Å²) in [5, 5.41) is 5.09. The Kier molecular flexibility index (Phi) is 4.37. The molecule has 0 spiro atoms. The minimum Gasteiger partial charge on any atom is -0.322 e. The number of aryl methyl sites for hydroxylation is 2. The molecular weight excluding hydrogens is 361 g/mol. The Morgan fingerprint density at radius 3 is 2.71 bits per heavy atom. The number of amides is 4. The topological polar surface area (TPSA) is 78.5 Å². The summed E-state index contributed by atoms with van der Waals surface area (Å²) in [4.78, 5) is 38.5. The molecule has 144 valence electrons. The van der Waals surface area contributed by atoms with E-state index < -0.39 is 35.7 Å². The third-order valence-corrected chi connectivity index (χ3v) is 5.40. The van der Waals surface area contributed by atoms with Crippen LogP contribution in [0.1, 0.15) is 30.0 Å². The Hall–Kier alpha value is -3.22. The van der Waals surface area contributed by atoms with E-state index >= 15 is 0 Å². The summed E-state index contributed by atoms with van der Waals surface area (Å²) in [6.45, 7) is 1.15. The molecule has 1 aliphatic heterocycles. The molecule has 4 rings (SSSR count). The summed E-state index contributed by atoms with van der Waals surface area (Å²) in [6.07, 6.45) is 3.06. The van der Waals surface area contributed by atoms with Gasteiger partial charge in [-0.2, -0.15) is 0 Å². The van der Waals surface area contributed by atoms with Crippen LogP contribution in [0.3, 0.4) is 0 Å². The zero-order valence-electron chi connectivity index (χ0n) is 15.4. The molecule has 0 bridgehead atoms. The molecule has 4 amide bonds. The van der Waals surface area contributed by atoms with Gasteiger partial charge in [-0.15, -0.1) is 0 Å². The third kappa shape index (κ3) is 3.02. The van der Waals surface area contributed by atoms with Crippen LogP contribution in [0.4, 0.5) is 14.9 Å². The minimum absolute atomic E-state index is 0.000869. The highest BCUT2D eigenvalue weighted by Gasteiger charge is 2.49. The number of hydrogen-bond acceptors (Lipinski definition) is 3. The second kappa shape index (κ2) is 6.74. The Morgan fingerprint density at radius 1 is 1.18 bits per heavy atom. The first-order valence-electron chi connectivity index (χ1n) is 9.19. The molecule has 1 aliphatic carbocycles. The first-order valence-corrected chi connectivity index (χ1v) is 9.19. The molecule has 0 radical (unpaired) electrons. The van der Waals surface area contributed by atoms with Gasteiger partial charge in [0.1, 0.15) is 17.9 Å². The Balaban J connectivity index is 1.52. The predicted molar refractivity (Wildman–Crippen MR) is 101 cm³/mol. The van der Waals surface area contributed by atoms with Gasteiger partial charge in [-0.1, -0.05) is 30.3 Å². The molecule has 1 unspecified atom stereocenters. The number of fused-ring (bicyclic) bond motifs is 1. The van der Waals surface area contributed by atoms with Crippen molar-refractivity contribution in [2.75, 3.05) is 11.9 Å². The number of para-hydroxylation sites is 1. The molecule has 7 heteroatoms. The van der Waals surface area contributed by atoms with Crippen LogP contribution < -0.4 is 10.6 Å². The van der Waals surface area contributed by atoms with Crippen molar-refractivity contribution in [3.63, 3.8) is 0 Å². The van der Waals surface area contributed by atoms with Crippen LogP contribution in [0.2, 0.25) is 0 Å². The molecular formula is C21H20FN3O3. The zero-order chi connectivity index (χ0) is 19.9. The van der Waals surface area contributed by atoms with E-state index in [1.807, 2.05) is 18.2 Å². The molecule has 6 nitrogen and oxygen atoms in total. The van der Waals surface area contributed by atoms with Crippen molar-refractivity contribution in [3.05, 3.63) is 65.0 Å². The highest BCUT2D eigenvalue weighted by molar-refractivity contribution is 6.10. The van der Waals surface area contributed by atoms with Gasteiger partial charge < -0.3 is 10.6 Å². The summed E-state index contributed by atoms with van der Waals surface area (Å²) >= 11 is 0. The van der Waals surface area contributed by atoms with E-state index in [2.05, 4.69) is 10.6 Å². The summed E-state index contributed by atoms with van der Waals surface area (Å²) in [7, 11) is 0. The molecule has 2 aromatic rings. The van der Waals surface area contributed by atoms with E-state index in [1.165, 1.54) is 29.3 Å². The number of halogens is 1. The largest absolute Gasteiger partial charge is 0.325 e. The molecule has 2 aromatic carbocycles. The maximum absolute atomic E-state index is 13.7. The normalized spacial score (nSPS) is 20.9. The summed E-state index contributed by atoms with van der Waals surface area (Å²) < 4.78 is 13.7. The molecule has 0 saturated carbocycles. The van der Waals surface area contributed by atoms with Crippen molar-refractivity contribution < 1.29 is 18.8 Å². The van der Waals surface area contributed by atoms with Crippen molar-refractivity contribution in [3.8, 4) is 0 Å². The number of rotatable bonds is 4. The van der Waals surface area contributed by atoms with Gasteiger partial charge in [-0.3, -0.25) is 14.5 Å². The lowest BCUT2D eigenvalue weighted by atomic mass is 9.89. The van der Waals surface area contributed by atoms with Crippen molar-refractivity contribution >= 4 is 23.5 Å². The number of carbonyl (C=O) groups excluding carboxylic acids is 3. The van der Waals surface area contributed by atoms with Crippen molar-refractivity contribution in [2.45, 2.75) is 31.7 Å². The number of anilines is 1. The van der Waals surface area contributed by atoms with E-state index in [-0.39, 0.29) is 5.69 Å². The fraction of sp³-hybridized carbons (Fsp3) is 0.286. The molecule has 0 aromatic heterocycles. The van der Waals surface area contributed by atoms with E-state index in [0.717, 1.165) is 24.2 Å². The average Bonchev–Trinajstić information content (AvgIpc) is 3.22. The molecule has 2 N–H and O–H groups in total. The highest BCUT2D eigenvalue weighted by Crippen LogP contribution is 2.32. The van der Waals surface area contributed by atoms with Crippen LogP contribution in [0.5, 0.6) is 0 Å². The number of imide groups is 1. The van der Waals surface area contributed by atoms with Gasteiger partial charge in [0.2, 0.25) is 5.91 Å². The molecule has 1 saturated heterocycles. The number of nitrogens with one attached hydrogen (secondary N) is 2. The maximum atomic E-state index is 13.7. The number of urea groups is 1. The fourth-order valence-corrected chi connectivity index (χ4v) is 3.81. The Bertz CT molecular complexity index is 991. The number of hydrogen-bond donors (Lipinski definition) is 2.